The van der Waals surface area contributed by atoms with Crippen LogP contribution in [0.1, 0.15) is 19.8 Å². The number of aromatic nitrogens is 2. The molecular formula is C14H14ClN3. The highest BCUT2D eigenvalue weighted by molar-refractivity contribution is 6.28. The molecule has 0 radical (unpaired) electrons. The molecule has 0 bridgehead atoms. The Morgan fingerprint density at radius 2 is 2.17 bits per heavy atom. The molecule has 1 unspecified atom stereocenters. The first-order chi connectivity index (χ1) is 8.74. The minimum atomic E-state index is -0.0376. The smallest absolute Gasteiger partial charge is 0.224 e. The molecule has 0 aliphatic heterocycles. The van der Waals surface area contributed by atoms with Crippen molar-refractivity contribution >= 4 is 28.3 Å². The number of anilines is 1. The van der Waals surface area contributed by atoms with Crippen LogP contribution < -0.4 is 5.32 Å². The maximum atomic E-state index is 5.91. The molecule has 0 amide bonds. The van der Waals surface area contributed by atoms with Crippen LogP contribution >= 0.6 is 11.6 Å². The van der Waals surface area contributed by atoms with Gasteiger partial charge in [-0.3, -0.25) is 0 Å². The van der Waals surface area contributed by atoms with Crippen molar-refractivity contribution in [2.75, 3.05) is 5.32 Å². The lowest BCUT2D eigenvalue weighted by Crippen LogP contribution is -2.18. The van der Waals surface area contributed by atoms with E-state index < -0.39 is 0 Å². The lowest BCUT2D eigenvalue weighted by molar-refractivity contribution is 0.753. The molecule has 1 N–H and O–H groups in total. The Bertz CT molecular complexity index is 589. The van der Waals surface area contributed by atoms with E-state index in [2.05, 4.69) is 28.1 Å². The molecule has 0 saturated heterocycles. The van der Waals surface area contributed by atoms with E-state index in [4.69, 9.17) is 18.0 Å². The monoisotopic (exact) mass is 259 g/mol. The fourth-order valence-electron chi connectivity index (χ4n) is 1.81. The third-order valence-corrected chi connectivity index (χ3v) is 2.83. The van der Waals surface area contributed by atoms with Crippen LogP contribution in [0.25, 0.3) is 10.9 Å². The SMILES string of the molecule is C#CC(CCC)Nc1nc(Cl)nc2ccccc12. The summed E-state index contributed by atoms with van der Waals surface area (Å²) in [5.74, 6) is 3.42. The Morgan fingerprint density at radius 1 is 1.39 bits per heavy atom. The first-order valence-electron chi connectivity index (χ1n) is 5.89. The van der Waals surface area contributed by atoms with Crippen molar-refractivity contribution in [3.63, 3.8) is 0 Å². The number of para-hydroxylation sites is 1. The van der Waals surface area contributed by atoms with Gasteiger partial charge in [-0.2, -0.15) is 0 Å². The van der Waals surface area contributed by atoms with Crippen molar-refractivity contribution in [1.82, 2.24) is 9.97 Å². The van der Waals surface area contributed by atoms with Crippen LogP contribution in [0.3, 0.4) is 0 Å². The molecule has 0 fully saturated rings. The summed E-state index contributed by atoms with van der Waals surface area (Å²) in [5.41, 5.74) is 0.812. The summed E-state index contributed by atoms with van der Waals surface area (Å²) in [5, 5.41) is 4.40. The molecule has 2 rings (SSSR count). The lowest BCUT2D eigenvalue weighted by Gasteiger charge is -2.14. The number of rotatable bonds is 4. The molecule has 3 nitrogen and oxygen atoms in total. The number of benzene rings is 1. The fraction of sp³-hybridized carbons (Fsp3) is 0.286. The van der Waals surface area contributed by atoms with Crippen molar-refractivity contribution in [1.29, 1.82) is 0 Å². The quantitative estimate of drug-likeness (QED) is 0.675. The van der Waals surface area contributed by atoms with Crippen molar-refractivity contribution < 1.29 is 0 Å². The van der Waals surface area contributed by atoms with Crippen molar-refractivity contribution in [2.24, 2.45) is 0 Å². The van der Waals surface area contributed by atoms with Gasteiger partial charge >= 0.3 is 0 Å². The maximum Gasteiger partial charge on any atom is 0.224 e. The van der Waals surface area contributed by atoms with Crippen molar-refractivity contribution in [3.8, 4) is 12.3 Å². The van der Waals surface area contributed by atoms with Gasteiger partial charge in [0, 0.05) is 5.39 Å². The zero-order valence-corrected chi connectivity index (χ0v) is 10.9. The average molecular weight is 260 g/mol. The Labute approximate surface area is 112 Å². The number of halogens is 1. The van der Waals surface area contributed by atoms with Gasteiger partial charge in [-0.1, -0.05) is 31.4 Å². The molecule has 92 valence electrons. The van der Waals surface area contributed by atoms with Gasteiger partial charge in [-0.15, -0.1) is 6.42 Å². The predicted molar refractivity (Wildman–Crippen MR) is 75.7 cm³/mol. The summed E-state index contributed by atoms with van der Waals surface area (Å²) < 4.78 is 0. The highest BCUT2D eigenvalue weighted by atomic mass is 35.5. The van der Waals surface area contributed by atoms with Crippen LogP contribution in [0.15, 0.2) is 24.3 Å². The van der Waals surface area contributed by atoms with Crippen molar-refractivity contribution in [3.05, 3.63) is 29.5 Å². The largest absolute Gasteiger partial charge is 0.356 e. The number of nitrogens with zero attached hydrogens (tertiary/aromatic N) is 2. The summed E-state index contributed by atoms with van der Waals surface area (Å²) in [6.45, 7) is 2.09. The van der Waals surface area contributed by atoms with Crippen LogP contribution in [0.2, 0.25) is 5.28 Å². The van der Waals surface area contributed by atoms with Crippen LogP contribution in [-0.2, 0) is 0 Å². The summed E-state index contributed by atoms with van der Waals surface area (Å²) in [6.07, 6.45) is 7.41. The molecule has 1 atom stereocenters. The lowest BCUT2D eigenvalue weighted by atomic mass is 10.1. The summed E-state index contributed by atoms with van der Waals surface area (Å²) in [4.78, 5) is 8.40. The minimum Gasteiger partial charge on any atom is -0.356 e. The second-order valence-corrected chi connectivity index (χ2v) is 4.35. The van der Waals surface area contributed by atoms with Gasteiger partial charge in [-0.05, 0) is 30.2 Å². The molecule has 0 aliphatic carbocycles. The van der Waals surface area contributed by atoms with Crippen molar-refractivity contribution in [2.45, 2.75) is 25.8 Å². The van der Waals surface area contributed by atoms with Gasteiger partial charge in [-0.25, -0.2) is 9.97 Å². The number of fused-ring (bicyclic) bond motifs is 1. The fourth-order valence-corrected chi connectivity index (χ4v) is 1.98. The first-order valence-corrected chi connectivity index (χ1v) is 6.27. The molecule has 0 aliphatic rings. The molecule has 0 spiro atoms. The van der Waals surface area contributed by atoms with Crippen LogP contribution in [0.4, 0.5) is 5.82 Å². The second kappa shape index (κ2) is 5.70. The number of hydrogen-bond donors (Lipinski definition) is 1. The second-order valence-electron chi connectivity index (χ2n) is 4.01. The van der Waals surface area contributed by atoms with Crippen LogP contribution in [0.5, 0.6) is 0 Å². The summed E-state index contributed by atoms with van der Waals surface area (Å²) in [6, 6.07) is 7.67. The molecule has 1 aromatic carbocycles. The Kier molecular flexibility index (Phi) is 4.01. The zero-order chi connectivity index (χ0) is 13.0. The molecular weight excluding hydrogens is 246 g/mol. The Hall–Kier alpha value is -1.79. The van der Waals surface area contributed by atoms with Gasteiger partial charge in [0.15, 0.2) is 0 Å². The average Bonchev–Trinajstić information content (AvgIpc) is 2.38. The topological polar surface area (TPSA) is 37.8 Å². The zero-order valence-electron chi connectivity index (χ0n) is 10.2. The predicted octanol–water partition coefficient (Wildman–Crippen LogP) is 3.50. The van der Waals surface area contributed by atoms with Gasteiger partial charge in [0.1, 0.15) is 5.82 Å². The highest BCUT2D eigenvalue weighted by Crippen LogP contribution is 2.22. The standard InChI is InChI=1S/C14H14ClN3/c1-3-7-10(4-2)16-13-11-8-5-6-9-12(11)17-14(15)18-13/h2,5-6,8-10H,3,7H2,1H3,(H,16,17,18). The van der Waals surface area contributed by atoms with E-state index in [1.807, 2.05) is 24.3 Å². The van der Waals surface area contributed by atoms with Crippen LogP contribution in [-0.4, -0.2) is 16.0 Å². The maximum absolute atomic E-state index is 5.91. The van der Waals surface area contributed by atoms with E-state index in [0.717, 1.165) is 23.7 Å². The molecule has 1 aromatic heterocycles. The Morgan fingerprint density at radius 3 is 2.89 bits per heavy atom. The molecule has 0 saturated carbocycles. The van der Waals surface area contributed by atoms with E-state index in [1.54, 1.807) is 0 Å². The van der Waals surface area contributed by atoms with Gasteiger partial charge in [0.05, 0.1) is 11.6 Å². The van der Waals surface area contributed by atoms with Crippen LogP contribution in [0, 0.1) is 12.3 Å². The number of nitrogens with one attached hydrogen (secondary N) is 1. The van der Waals surface area contributed by atoms with E-state index in [1.165, 1.54) is 0 Å². The van der Waals surface area contributed by atoms with E-state index in [9.17, 15) is 0 Å². The third kappa shape index (κ3) is 2.72. The highest BCUT2D eigenvalue weighted by Gasteiger charge is 2.09. The van der Waals surface area contributed by atoms with E-state index in [-0.39, 0.29) is 11.3 Å². The van der Waals surface area contributed by atoms with Gasteiger partial charge in [0.25, 0.3) is 0 Å². The number of terminal acetylenes is 1. The molecule has 2 aromatic rings. The van der Waals surface area contributed by atoms with E-state index >= 15 is 0 Å². The summed E-state index contributed by atoms with van der Waals surface area (Å²) in [7, 11) is 0. The van der Waals surface area contributed by atoms with E-state index in [0.29, 0.717) is 5.82 Å². The minimum absolute atomic E-state index is 0.0376. The first kappa shape index (κ1) is 12.7. The number of hydrogen-bond acceptors (Lipinski definition) is 3. The molecule has 18 heavy (non-hydrogen) atoms. The Balaban J connectivity index is 2.41. The summed E-state index contributed by atoms with van der Waals surface area (Å²) >= 11 is 5.91. The normalized spacial score (nSPS) is 12.1. The third-order valence-electron chi connectivity index (χ3n) is 2.67. The molecule has 4 heteroatoms. The van der Waals surface area contributed by atoms with Gasteiger partial charge in [0.2, 0.25) is 5.28 Å². The molecule has 1 heterocycles. The van der Waals surface area contributed by atoms with Gasteiger partial charge < -0.3 is 5.32 Å².